The molecule has 3 amide bonds. The van der Waals surface area contributed by atoms with Gasteiger partial charge in [-0.15, -0.1) is 0 Å². The highest BCUT2D eigenvalue weighted by Crippen LogP contribution is 2.35. The minimum Gasteiger partial charge on any atom is -0.333 e. The Hall–Kier alpha value is -3.75. The van der Waals surface area contributed by atoms with Crippen LogP contribution in [0.15, 0.2) is 30.7 Å². The summed E-state index contributed by atoms with van der Waals surface area (Å²) in [7, 11) is 3.85. The van der Waals surface area contributed by atoms with Crippen LogP contribution in [-0.4, -0.2) is 48.0 Å². The maximum Gasteiger partial charge on any atom is 0.255 e. The zero-order chi connectivity index (χ0) is 21.9. The summed E-state index contributed by atoms with van der Waals surface area (Å²) >= 11 is 0. The van der Waals surface area contributed by atoms with Gasteiger partial charge >= 0.3 is 0 Å². The molecule has 0 saturated carbocycles. The van der Waals surface area contributed by atoms with Gasteiger partial charge in [-0.2, -0.15) is 5.10 Å². The number of hydrogen-bond acceptors (Lipinski definition) is 5. The fraction of sp³-hybridized carbons (Fsp3) is 0.318. The van der Waals surface area contributed by atoms with Gasteiger partial charge in [-0.3, -0.25) is 24.4 Å². The molecule has 1 aromatic carbocycles. The topological polar surface area (TPSA) is 102 Å². The third kappa shape index (κ3) is 2.96. The molecule has 158 valence electrons. The lowest BCUT2D eigenvalue weighted by atomic mass is 10.0. The Morgan fingerprint density at radius 2 is 1.94 bits per heavy atom. The molecule has 9 heteroatoms. The van der Waals surface area contributed by atoms with Crippen LogP contribution < -0.4 is 5.32 Å². The molecule has 2 aliphatic rings. The predicted octanol–water partition coefficient (Wildman–Crippen LogP) is 1.56. The number of rotatable bonds is 3. The van der Waals surface area contributed by atoms with E-state index in [0.29, 0.717) is 18.5 Å². The average Bonchev–Trinajstić information content (AvgIpc) is 3.38. The van der Waals surface area contributed by atoms with Gasteiger partial charge in [0.15, 0.2) is 0 Å². The smallest absolute Gasteiger partial charge is 0.255 e. The number of aromatic nitrogens is 4. The lowest BCUT2D eigenvalue weighted by Crippen LogP contribution is -2.52. The maximum atomic E-state index is 12.9. The molecule has 1 unspecified atom stereocenters. The van der Waals surface area contributed by atoms with Gasteiger partial charge in [-0.25, -0.2) is 4.98 Å². The van der Waals surface area contributed by atoms with Gasteiger partial charge in [0, 0.05) is 49.4 Å². The summed E-state index contributed by atoms with van der Waals surface area (Å²) in [6, 6.07) is 5.04. The second kappa shape index (κ2) is 6.90. The van der Waals surface area contributed by atoms with E-state index in [0.717, 1.165) is 33.8 Å². The zero-order valence-electron chi connectivity index (χ0n) is 17.5. The average molecular weight is 418 g/mol. The molecule has 3 aromatic rings. The fourth-order valence-corrected chi connectivity index (χ4v) is 4.41. The Morgan fingerprint density at radius 1 is 1.13 bits per heavy atom. The fourth-order valence-electron chi connectivity index (χ4n) is 4.41. The molecule has 31 heavy (non-hydrogen) atoms. The molecule has 0 radical (unpaired) electrons. The number of imidazole rings is 1. The second-order valence-corrected chi connectivity index (χ2v) is 8.09. The first-order valence-corrected chi connectivity index (χ1v) is 10.1. The summed E-state index contributed by atoms with van der Waals surface area (Å²) in [5.74, 6) is -0.877. The number of benzene rings is 1. The third-order valence-corrected chi connectivity index (χ3v) is 6.22. The molecule has 1 saturated heterocycles. The molecule has 1 N–H and O–H groups in total. The van der Waals surface area contributed by atoms with Crippen molar-refractivity contribution in [1.29, 1.82) is 0 Å². The van der Waals surface area contributed by atoms with Gasteiger partial charge < -0.3 is 9.47 Å². The minimum absolute atomic E-state index is 0.180. The van der Waals surface area contributed by atoms with Crippen LogP contribution in [0.2, 0.25) is 0 Å². The molecule has 0 bridgehead atoms. The highest BCUT2D eigenvalue weighted by atomic mass is 16.2. The minimum atomic E-state index is -0.621. The van der Waals surface area contributed by atoms with Crippen LogP contribution in [0.3, 0.4) is 0 Å². The Bertz CT molecular complexity index is 1250. The molecule has 0 aliphatic carbocycles. The molecule has 1 atom stereocenters. The van der Waals surface area contributed by atoms with Crippen molar-refractivity contribution in [3.8, 4) is 22.5 Å². The van der Waals surface area contributed by atoms with Crippen molar-refractivity contribution in [2.24, 2.45) is 14.1 Å². The summed E-state index contributed by atoms with van der Waals surface area (Å²) in [6.45, 7) is 2.35. The van der Waals surface area contributed by atoms with Gasteiger partial charge in [-0.05, 0) is 31.0 Å². The van der Waals surface area contributed by atoms with Gasteiger partial charge in [0.05, 0.1) is 23.9 Å². The number of carbonyl (C=O) groups is 3. The summed E-state index contributed by atoms with van der Waals surface area (Å²) in [4.78, 5) is 42.8. The van der Waals surface area contributed by atoms with Crippen molar-refractivity contribution < 1.29 is 14.4 Å². The van der Waals surface area contributed by atoms with E-state index in [1.54, 1.807) is 17.3 Å². The van der Waals surface area contributed by atoms with Crippen LogP contribution >= 0.6 is 0 Å². The zero-order valence-corrected chi connectivity index (χ0v) is 17.5. The van der Waals surface area contributed by atoms with E-state index in [1.807, 2.05) is 48.6 Å². The third-order valence-electron chi connectivity index (χ3n) is 6.22. The Labute approximate surface area is 178 Å². The first kappa shape index (κ1) is 19.2. The van der Waals surface area contributed by atoms with Crippen molar-refractivity contribution in [2.75, 3.05) is 0 Å². The SMILES string of the molecule is Cc1c(-c2c(-c3ccc4c(c3)CN(C3CCC(=O)NC3=O)C4=O)ncn2C)cnn1C. The number of nitrogens with one attached hydrogen (secondary N) is 1. The highest BCUT2D eigenvalue weighted by molar-refractivity contribution is 6.05. The first-order valence-electron chi connectivity index (χ1n) is 10.1. The van der Waals surface area contributed by atoms with E-state index in [9.17, 15) is 14.4 Å². The van der Waals surface area contributed by atoms with E-state index in [-0.39, 0.29) is 18.2 Å². The Balaban J connectivity index is 1.50. The van der Waals surface area contributed by atoms with Gasteiger partial charge in [0.25, 0.3) is 5.91 Å². The monoisotopic (exact) mass is 418 g/mol. The largest absolute Gasteiger partial charge is 0.333 e. The normalized spacial score (nSPS) is 18.5. The number of amides is 3. The molecular weight excluding hydrogens is 396 g/mol. The van der Waals surface area contributed by atoms with E-state index in [2.05, 4.69) is 15.4 Å². The summed E-state index contributed by atoms with van der Waals surface area (Å²) < 4.78 is 3.79. The van der Waals surface area contributed by atoms with E-state index >= 15 is 0 Å². The number of piperidine rings is 1. The van der Waals surface area contributed by atoms with Crippen molar-refractivity contribution in [1.82, 2.24) is 29.5 Å². The Kier molecular flexibility index (Phi) is 4.28. The lowest BCUT2D eigenvalue weighted by molar-refractivity contribution is -0.136. The van der Waals surface area contributed by atoms with E-state index in [1.165, 1.54) is 0 Å². The summed E-state index contributed by atoms with van der Waals surface area (Å²) in [5, 5.41) is 6.69. The number of imide groups is 1. The molecule has 4 heterocycles. The summed E-state index contributed by atoms with van der Waals surface area (Å²) in [5.41, 5.74) is 6.14. The van der Waals surface area contributed by atoms with Crippen LogP contribution in [0.1, 0.15) is 34.5 Å². The number of carbonyl (C=O) groups excluding carboxylic acids is 3. The van der Waals surface area contributed by atoms with E-state index < -0.39 is 11.9 Å². The number of aryl methyl sites for hydroxylation is 2. The molecule has 1 fully saturated rings. The quantitative estimate of drug-likeness (QED) is 0.651. The van der Waals surface area contributed by atoms with Crippen molar-refractivity contribution in [3.05, 3.63) is 47.5 Å². The highest BCUT2D eigenvalue weighted by Gasteiger charge is 2.39. The van der Waals surface area contributed by atoms with Crippen LogP contribution in [0.5, 0.6) is 0 Å². The van der Waals surface area contributed by atoms with Gasteiger partial charge in [0.1, 0.15) is 6.04 Å². The molecule has 0 spiro atoms. The standard InChI is InChI=1S/C22H22N6O3/c1-12-16(9-24-27(12)3)20-19(23-11-26(20)2)13-4-5-15-14(8-13)10-28(22(15)31)17-6-7-18(29)25-21(17)30/h4-5,8-9,11,17H,6-7,10H2,1-3H3,(H,25,29,30). The van der Waals surface area contributed by atoms with Crippen LogP contribution in [-0.2, 0) is 30.2 Å². The van der Waals surface area contributed by atoms with Crippen LogP contribution in [0.25, 0.3) is 22.5 Å². The molecule has 9 nitrogen and oxygen atoms in total. The lowest BCUT2D eigenvalue weighted by Gasteiger charge is -2.29. The number of hydrogen-bond donors (Lipinski definition) is 1. The van der Waals surface area contributed by atoms with E-state index in [4.69, 9.17) is 0 Å². The van der Waals surface area contributed by atoms with Gasteiger partial charge in [-0.1, -0.05) is 6.07 Å². The molecule has 2 aliphatic heterocycles. The van der Waals surface area contributed by atoms with Crippen molar-refractivity contribution >= 4 is 17.7 Å². The number of nitrogens with zero attached hydrogens (tertiary/aromatic N) is 5. The van der Waals surface area contributed by atoms with Crippen molar-refractivity contribution in [3.63, 3.8) is 0 Å². The number of fused-ring (bicyclic) bond motifs is 1. The molecule has 2 aromatic heterocycles. The molecular formula is C22H22N6O3. The van der Waals surface area contributed by atoms with Crippen molar-refractivity contribution in [2.45, 2.75) is 32.4 Å². The van der Waals surface area contributed by atoms with Gasteiger partial charge in [0.2, 0.25) is 11.8 Å². The van der Waals surface area contributed by atoms with Crippen LogP contribution in [0.4, 0.5) is 0 Å². The Morgan fingerprint density at radius 3 is 2.65 bits per heavy atom. The maximum absolute atomic E-state index is 12.9. The molecule has 5 rings (SSSR count). The second-order valence-electron chi connectivity index (χ2n) is 8.09. The predicted molar refractivity (Wildman–Crippen MR) is 112 cm³/mol. The van der Waals surface area contributed by atoms with Crippen LogP contribution in [0, 0.1) is 6.92 Å². The first-order chi connectivity index (χ1) is 14.8. The summed E-state index contributed by atoms with van der Waals surface area (Å²) in [6.07, 6.45) is 4.19.